The third-order valence-electron chi connectivity index (χ3n) is 5.16. The Morgan fingerprint density at radius 3 is 2.68 bits per heavy atom. The molecule has 1 fully saturated rings. The van der Waals surface area contributed by atoms with Gasteiger partial charge in [-0.25, -0.2) is 12.8 Å². The summed E-state index contributed by atoms with van der Waals surface area (Å²) in [6.07, 6.45) is 3.84. The van der Waals surface area contributed by atoms with E-state index < -0.39 is 10.0 Å². The van der Waals surface area contributed by atoms with Gasteiger partial charge in [-0.15, -0.1) is 0 Å². The predicted octanol–water partition coefficient (Wildman–Crippen LogP) is 2.14. The van der Waals surface area contributed by atoms with Crippen molar-refractivity contribution in [1.82, 2.24) is 9.88 Å². The number of fused-ring (bicyclic) bond motifs is 2. The number of hydrogen-bond acceptors (Lipinski definition) is 4. The van der Waals surface area contributed by atoms with Crippen molar-refractivity contribution < 1.29 is 12.8 Å². The van der Waals surface area contributed by atoms with Crippen LogP contribution >= 0.6 is 0 Å². The maximum Gasteiger partial charge on any atom is 0.232 e. The van der Waals surface area contributed by atoms with Gasteiger partial charge in [-0.3, -0.25) is 14.2 Å². The lowest BCUT2D eigenvalue weighted by molar-refractivity contribution is 0.306. The molecule has 1 atom stereocenters. The molecule has 1 saturated heterocycles. The van der Waals surface area contributed by atoms with Crippen LogP contribution in [0.25, 0.3) is 0 Å². The molecule has 1 spiro atoms. The van der Waals surface area contributed by atoms with E-state index in [-0.39, 0.29) is 11.2 Å². The van der Waals surface area contributed by atoms with E-state index in [1.165, 1.54) is 22.7 Å². The van der Waals surface area contributed by atoms with Gasteiger partial charge < -0.3 is 0 Å². The van der Waals surface area contributed by atoms with E-state index in [0.29, 0.717) is 12.2 Å². The summed E-state index contributed by atoms with van der Waals surface area (Å²) in [5, 5.41) is 0. The minimum Gasteiger partial charge on any atom is -0.298 e. The lowest BCUT2D eigenvalue weighted by atomic mass is 9.85. The highest BCUT2D eigenvalue weighted by atomic mass is 32.2. The van der Waals surface area contributed by atoms with Gasteiger partial charge in [-0.1, -0.05) is 12.1 Å². The number of likely N-dealkylation sites (tertiary alicyclic amines) is 1. The molecule has 7 heteroatoms. The number of halogens is 1. The average Bonchev–Trinajstić information content (AvgIpc) is 3.13. The van der Waals surface area contributed by atoms with Crippen molar-refractivity contribution in [3.8, 4) is 0 Å². The molecule has 132 valence electrons. The Kier molecular flexibility index (Phi) is 3.81. The lowest BCUT2D eigenvalue weighted by Gasteiger charge is -2.25. The van der Waals surface area contributed by atoms with Crippen LogP contribution in [0.1, 0.15) is 17.7 Å². The molecule has 3 heterocycles. The minimum absolute atomic E-state index is 0.237. The molecule has 2 aromatic rings. The van der Waals surface area contributed by atoms with E-state index in [9.17, 15) is 12.8 Å². The molecular formula is C18H20FN3O2S. The Morgan fingerprint density at radius 1 is 1.20 bits per heavy atom. The first-order valence-electron chi connectivity index (χ1n) is 8.27. The Balaban J connectivity index is 1.60. The second-order valence-corrected chi connectivity index (χ2v) is 8.92. The zero-order valence-electron chi connectivity index (χ0n) is 14.0. The second kappa shape index (κ2) is 5.78. The quantitative estimate of drug-likeness (QED) is 0.841. The third kappa shape index (κ3) is 2.91. The summed E-state index contributed by atoms with van der Waals surface area (Å²) < 4.78 is 38.9. The van der Waals surface area contributed by atoms with Crippen LogP contribution in [-0.2, 0) is 22.0 Å². The van der Waals surface area contributed by atoms with Crippen LogP contribution in [0.4, 0.5) is 10.1 Å². The van der Waals surface area contributed by atoms with E-state index in [4.69, 9.17) is 0 Å². The fraction of sp³-hybridized carbons (Fsp3) is 0.389. The van der Waals surface area contributed by atoms with E-state index in [2.05, 4.69) is 9.88 Å². The number of aromatic nitrogens is 1. The number of anilines is 1. The SMILES string of the molecule is CS(=O)(=O)N1C[C@@]2(CCN(Cc3ccc(F)cc3)C2)c2ncccc21. The maximum atomic E-state index is 13.1. The van der Waals surface area contributed by atoms with Gasteiger partial charge in [0.25, 0.3) is 0 Å². The van der Waals surface area contributed by atoms with Crippen LogP contribution in [-0.4, -0.2) is 44.2 Å². The zero-order valence-corrected chi connectivity index (χ0v) is 14.8. The standard InChI is InChI=1S/C18H20FN3O2S/c1-25(23,24)22-13-18(17-16(22)3-2-9-20-17)8-10-21(12-18)11-14-4-6-15(19)7-5-14/h2-7,9H,8,10-13H2,1H3/t18-/m0/s1. The smallest absolute Gasteiger partial charge is 0.232 e. The summed E-state index contributed by atoms with van der Waals surface area (Å²) in [6, 6.07) is 10.1. The number of rotatable bonds is 3. The van der Waals surface area contributed by atoms with Gasteiger partial charge in [0, 0.05) is 31.2 Å². The molecule has 25 heavy (non-hydrogen) atoms. The first kappa shape index (κ1) is 16.5. The van der Waals surface area contributed by atoms with E-state index in [1.54, 1.807) is 24.4 Å². The molecule has 2 aliphatic heterocycles. The van der Waals surface area contributed by atoms with Gasteiger partial charge in [-0.2, -0.15) is 0 Å². The highest BCUT2D eigenvalue weighted by Gasteiger charge is 2.50. The molecule has 1 aromatic carbocycles. The van der Waals surface area contributed by atoms with Crippen molar-refractivity contribution in [3.63, 3.8) is 0 Å². The molecule has 0 bridgehead atoms. The Bertz CT molecular complexity index is 901. The summed E-state index contributed by atoms with van der Waals surface area (Å²) >= 11 is 0. The van der Waals surface area contributed by atoms with Gasteiger partial charge in [0.05, 0.1) is 17.6 Å². The van der Waals surface area contributed by atoms with Gasteiger partial charge >= 0.3 is 0 Å². The second-order valence-electron chi connectivity index (χ2n) is 7.01. The molecule has 1 aromatic heterocycles. The molecule has 0 aliphatic carbocycles. The highest BCUT2D eigenvalue weighted by molar-refractivity contribution is 7.92. The molecule has 0 saturated carbocycles. The van der Waals surface area contributed by atoms with E-state index in [1.807, 2.05) is 6.07 Å². The summed E-state index contributed by atoms with van der Waals surface area (Å²) in [4.78, 5) is 6.82. The Hall–Kier alpha value is -1.99. The van der Waals surface area contributed by atoms with Crippen molar-refractivity contribution in [1.29, 1.82) is 0 Å². The van der Waals surface area contributed by atoms with Crippen LogP contribution in [0.3, 0.4) is 0 Å². The van der Waals surface area contributed by atoms with Crippen LogP contribution in [0.2, 0.25) is 0 Å². The Labute approximate surface area is 147 Å². The van der Waals surface area contributed by atoms with Gasteiger partial charge in [-0.05, 0) is 42.8 Å². The van der Waals surface area contributed by atoms with Crippen LogP contribution < -0.4 is 4.31 Å². The number of sulfonamides is 1. The summed E-state index contributed by atoms with van der Waals surface area (Å²) in [5.41, 5.74) is 2.37. The molecule has 4 rings (SSSR count). The third-order valence-corrected chi connectivity index (χ3v) is 6.28. The Morgan fingerprint density at radius 2 is 1.96 bits per heavy atom. The van der Waals surface area contributed by atoms with Gasteiger partial charge in [0.15, 0.2) is 0 Å². The summed E-state index contributed by atoms with van der Waals surface area (Å²) in [6.45, 7) is 2.78. The molecule has 5 nitrogen and oxygen atoms in total. The van der Waals surface area contributed by atoms with Crippen molar-refractivity contribution in [3.05, 3.63) is 59.7 Å². The molecule has 0 N–H and O–H groups in total. The normalized spacial score (nSPS) is 23.4. The number of nitrogens with zero attached hydrogens (tertiary/aromatic N) is 3. The van der Waals surface area contributed by atoms with Crippen molar-refractivity contribution >= 4 is 15.7 Å². The van der Waals surface area contributed by atoms with E-state index in [0.717, 1.165) is 37.3 Å². The fourth-order valence-electron chi connectivity index (χ4n) is 4.00. The van der Waals surface area contributed by atoms with Crippen LogP contribution in [0.5, 0.6) is 0 Å². The van der Waals surface area contributed by atoms with E-state index >= 15 is 0 Å². The summed E-state index contributed by atoms with van der Waals surface area (Å²) in [7, 11) is -3.33. The maximum absolute atomic E-state index is 13.1. The predicted molar refractivity (Wildman–Crippen MR) is 94.4 cm³/mol. The first-order chi connectivity index (χ1) is 11.9. The monoisotopic (exact) mass is 361 g/mol. The number of pyridine rings is 1. The van der Waals surface area contributed by atoms with Crippen LogP contribution in [0, 0.1) is 5.82 Å². The van der Waals surface area contributed by atoms with Crippen molar-refractivity contribution in [2.75, 3.05) is 30.2 Å². The molecule has 2 aliphatic rings. The molecule has 0 unspecified atom stereocenters. The topological polar surface area (TPSA) is 53.5 Å². The lowest BCUT2D eigenvalue weighted by Crippen LogP contribution is -2.38. The number of hydrogen-bond donors (Lipinski definition) is 0. The van der Waals surface area contributed by atoms with Crippen LogP contribution in [0.15, 0.2) is 42.6 Å². The molecular weight excluding hydrogens is 341 g/mol. The minimum atomic E-state index is -3.33. The first-order valence-corrected chi connectivity index (χ1v) is 10.1. The fourth-order valence-corrected chi connectivity index (χ4v) is 4.99. The van der Waals surface area contributed by atoms with Crippen molar-refractivity contribution in [2.24, 2.45) is 0 Å². The summed E-state index contributed by atoms with van der Waals surface area (Å²) in [5.74, 6) is -0.237. The largest absolute Gasteiger partial charge is 0.298 e. The van der Waals surface area contributed by atoms with Gasteiger partial charge in [0.2, 0.25) is 10.0 Å². The molecule has 0 amide bonds. The zero-order chi connectivity index (χ0) is 17.7. The average molecular weight is 361 g/mol. The molecule has 0 radical (unpaired) electrons. The van der Waals surface area contributed by atoms with Crippen molar-refractivity contribution in [2.45, 2.75) is 18.4 Å². The van der Waals surface area contributed by atoms with Gasteiger partial charge in [0.1, 0.15) is 5.82 Å². The number of benzene rings is 1. The highest BCUT2D eigenvalue weighted by Crippen LogP contribution is 2.46.